The molecule has 1 heterocycles. The normalized spacial score (nSPS) is 11.3. The van der Waals surface area contributed by atoms with Crippen LogP contribution in [0.25, 0.3) is 11.0 Å². The summed E-state index contributed by atoms with van der Waals surface area (Å²) in [6, 6.07) is 21.4. The van der Waals surface area contributed by atoms with E-state index in [0.717, 1.165) is 5.39 Å². The number of amides is 2. The Kier molecular flexibility index (Phi) is 6.77. The minimum absolute atomic E-state index is 0.0383. The zero-order valence-corrected chi connectivity index (χ0v) is 18.6. The van der Waals surface area contributed by atoms with Gasteiger partial charge in [-0.2, -0.15) is 0 Å². The summed E-state index contributed by atoms with van der Waals surface area (Å²) >= 11 is 0. The first-order valence-corrected chi connectivity index (χ1v) is 10.6. The van der Waals surface area contributed by atoms with Crippen LogP contribution in [0, 0.1) is 0 Å². The highest BCUT2D eigenvalue weighted by molar-refractivity contribution is 6.04. The minimum atomic E-state index is -4.82. The summed E-state index contributed by atoms with van der Waals surface area (Å²) in [7, 11) is 1.51. The maximum Gasteiger partial charge on any atom is 0.573 e. The van der Waals surface area contributed by atoms with Crippen molar-refractivity contribution in [2.75, 3.05) is 12.4 Å². The summed E-state index contributed by atoms with van der Waals surface area (Å²) in [5.41, 5.74) is 2.06. The van der Waals surface area contributed by atoms with Crippen LogP contribution in [0.5, 0.6) is 5.75 Å². The monoisotopic (exact) mass is 482 g/mol. The molecule has 1 N–H and O–H groups in total. The minimum Gasteiger partial charge on any atom is -0.451 e. The summed E-state index contributed by atoms with van der Waals surface area (Å²) in [5, 5.41) is 3.57. The van der Waals surface area contributed by atoms with E-state index in [9.17, 15) is 22.8 Å². The highest BCUT2D eigenvalue weighted by Gasteiger charge is 2.32. The van der Waals surface area contributed by atoms with E-state index in [1.807, 2.05) is 18.2 Å². The molecule has 0 radical (unpaired) electrons. The van der Waals surface area contributed by atoms with Crippen molar-refractivity contribution in [1.29, 1.82) is 0 Å². The Morgan fingerprint density at radius 1 is 0.971 bits per heavy atom. The maximum atomic E-state index is 12.6. The topological polar surface area (TPSA) is 71.8 Å². The molecule has 0 unspecified atom stereocenters. The van der Waals surface area contributed by atoms with Crippen LogP contribution in [-0.4, -0.2) is 30.1 Å². The Labute approximate surface area is 198 Å². The Hall–Kier alpha value is -4.27. The number of carbonyl (C=O) groups is 2. The van der Waals surface area contributed by atoms with Crippen LogP contribution in [0.2, 0.25) is 0 Å². The van der Waals surface area contributed by atoms with Gasteiger partial charge in [0, 0.05) is 30.2 Å². The molecular formula is C26H21F3N2O4. The van der Waals surface area contributed by atoms with E-state index in [2.05, 4.69) is 10.1 Å². The van der Waals surface area contributed by atoms with Crippen molar-refractivity contribution in [3.8, 4) is 5.75 Å². The van der Waals surface area contributed by atoms with Crippen LogP contribution in [0.15, 0.2) is 83.3 Å². The van der Waals surface area contributed by atoms with Crippen LogP contribution < -0.4 is 10.1 Å². The van der Waals surface area contributed by atoms with E-state index in [1.54, 1.807) is 42.5 Å². The molecule has 35 heavy (non-hydrogen) atoms. The van der Waals surface area contributed by atoms with Crippen LogP contribution in [0.3, 0.4) is 0 Å². The van der Waals surface area contributed by atoms with Gasteiger partial charge < -0.3 is 19.4 Å². The molecule has 0 aliphatic carbocycles. The van der Waals surface area contributed by atoms with Crippen LogP contribution >= 0.6 is 0 Å². The van der Waals surface area contributed by atoms with Crippen molar-refractivity contribution >= 4 is 28.5 Å². The van der Waals surface area contributed by atoms with E-state index in [0.29, 0.717) is 16.8 Å². The number of alkyl halides is 3. The molecule has 0 saturated carbocycles. The lowest BCUT2D eigenvalue weighted by molar-refractivity contribution is -0.275. The molecular weight excluding hydrogens is 461 g/mol. The van der Waals surface area contributed by atoms with Crippen molar-refractivity contribution in [2.45, 2.75) is 19.3 Å². The van der Waals surface area contributed by atoms with Crippen molar-refractivity contribution in [3.05, 3.63) is 95.7 Å². The fourth-order valence-electron chi connectivity index (χ4n) is 3.50. The van der Waals surface area contributed by atoms with Crippen LogP contribution in [0.1, 0.15) is 21.7 Å². The second kappa shape index (κ2) is 9.92. The van der Waals surface area contributed by atoms with E-state index in [4.69, 9.17) is 4.42 Å². The second-order valence-corrected chi connectivity index (χ2v) is 7.88. The Balaban J connectivity index is 1.35. The lowest BCUT2D eigenvalue weighted by Gasteiger charge is -2.20. The van der Waals surface area contributed by atoms with Crippen LogP contribution in [-0.2, 0) is 17.8 Å². The number of carbonyl (C=O) groups excluding carboxylic acids is 2. The highest BCUT2D eigenvalue weighted by Crippen LogP contribution is 2.27. The average Bonchev–Trinajstić information content (AvgIpc) is 3.25. The van der Waals surface area contributed by atoms with Gasteiger partial charge in [-0.25, -0.2) is 0 Å². The molecule has 0 aliphatic rings. The van der Waals surface area contributed by atoms with Crippen molar-refractivity contribution < 1.29 is 31.9 Å². The second-order valence-electron chi connectivity index (χ2n) is 7.88. The number of hydrogen-bond acceptors (Lipinski definition) is 4. The summed E-state index contributed by atoms with van der Waals surface area (Å²) in [6.45, 7) is -0.0449. The van der Waals surface area contributed by atoms with E-state index in [-0.39, 0.29) is 35.9 Å². The average molecular weight is 482 g/mol. The van der Waals surface area contributed by atoms with Gasteiger partial charge in [0.2, 0.25) is 5.91 Å². The number of likely N-dealkylation sites (N-methyl/N-ethyl adjacent to an activating group) is 1. The third-order valence-corrected chi connectivity index (χ3v) is 5.25. The SMILES string of the molecule is CN(Cc1ccccc1OC(F)(F)F)C(=O)Cc1ccc(NC(=O)c2cc3ccccc3o2)cc1. The van der Waals surface area contributed by atoms with Gasteiger partial charge >= 0.3 is 6.36 Å². The van der Waals surface area contributed by atoms with Gasteiger partial charge in [0.05, 0.1) is 6.42 Å². The fourth-order valence-corrected chi connectivity index (χ4v) is 3.50. The lowest BCUT2D eigenvalue weighted by Crippen LogP contribution is -2.28. The number of nitrogens with one attached hydrogen (secondary N) is 1. The standard InChI is InChI=1S/C26H21F3N2O4/c1-31(16-19-7-3-5-9-22(19)35-26(27,28)29)24(32)14-17-10-12-20(13-11-17)30-25(33)23-15-18-6-2-4-8-21(18)34-23/h2-13,15H,14,16H2,1H3,(H,30,33). The molecule has 0 fully saturated rings. The number of ether oxygens (including phenoxy) is 1. The van der Waals surface area contributed by atoms with Gasteiger partial charge in [0.1, 0.15) is 11.3 Å². The molecule has 6 nitrogen and oxygen atoms in total. The predicted octanol–water partition coefficient (Wildman–Crippen LogP) is 5.78. The highest BCUT2D eigenvalue weighted by atomic mass is 19.4. The number of furan rings is 1. The number of fused-ring (bicyclic) bond motifs is 1. The molecule has 1 aromatic heterocycles. The summed E-state index contributed by atoms with van der Waals surface area (Å²) in [4.78, 5) is 26.4. The number of benzene rings is 3. The summed E-state index contributed by atoms with van der Waals surface area (Å²) in [5.74, 6) is -0.846. The lowest BCUT2D eigenvalue weighted by atomic mass is 10.1. The number of hydrogen-bond donors (Lipinski definition) is 1. The third kappa shape index (κ3) is 6.20. The number of nitrogens with zero attached hydrogens (tertiary/aromatic N) is 1. The van der Waals surface area contributed by atoms with Gasteiger partial charge in [0.15, 0.2) is 5.76 Å². The van der Waals surface area contributed by atoms with E-state index in [1.165, 1.54) is 30.1 Å². The van der Waals surface area contributed by atoms with Gasteiger partial charge in [-0.1, -0.05) is 48.5 Å². The first kappa shape index (κ1) is 23.9. The Bertz CT molecular complexity index is 1310. The summed E-state index contributed by atoms with van der Waals surface area (Å²) in [6.07, 6.45) is -4.78. The number of halogens is 3. The fraction of sp³-hybridized carbons (Fsp3) is 0.154. The molecule has 0 spiro atoms. The van der Waals surface area contributed by atoms with Gasteiger partial charge in [-0.05, 0) is 35.9 Å². The molecule has 0 saturated heterocycles. The molecule has 3 aromatic carbocycles. The predicted molar refractivity (Wildman–Crippen MR) is 124 cm³/mol. The maximum absolute atomic E-state index is 12.6. The zero-order chi connectivity index (χ0) is 25.0. The van der Waals surface area contributed by atoms with Crippen molar-refractivity contribution in [3.63, 3.8) is 0 Å². The van der Waals surface area contributed by atoms with Crippen molar-refractivity contribution in [1.82, 2.24) is 4.90 Å². The molecule has 0 aliphatic heterocycles. The molecule has 0 bridgehead atoms. The number of para-hydroxylation sites is 2. The molecule has 4 rings (SSSR count). The van der Waals surface area contributed by atoms with Crippen LogP contribution in [0.4, 0.5) is 18.9 Å². The molecule has 9 heteroatoms. The van der Waals surface area contributed by atoms with E-state index >= 15 is 0 Å². The van der Waals surface area contributed by atoms with Gasteiger partial charge in [-0.15, -0.1) is 13.2 Å². The largest absolute Gasteiger partial charge is 0.573 e. The van der Waals surface area contributed by atoms with Gasteiger partial charge in [0.25, 0.3) is 5.91 Å². The smallest absolute Gasteiger partial charge is 0.451 e. The number of anilines is 1. The quantitative estimate of drug-likeness (QED) is 0.362. The summed E-state index contributed by atoms with van der Waals surface area (Å²) < 4.78 is 47.5. The zero-order valence-electron chi connectivity index (χ0n) is 18.6. The Morgan fingerprint density at radius 2 is 1.66 bits per heavy atom. The number of rotatable bonds is 7. The van der Waals surface area contributed by atoms with E-state index < -0.39 is 12.3 Å². The molecule has 2 amide bonds. The molecule has 0 atom stereocenters. The Morgan fingerprint density at radius 3 is 2.37 bits per heavy atom. The van der Waals surface area contributed by atoms with Gasteiger partial charge in [-0.3, -0.25) is 9.59 Å². The van der Waals surface area contributed by atoms with Crippen molar-refractivity contribution in [2.24, 2.45) is 0 Å². The first-order valence-electron chi connectivity index (χ1n) is 10.6. The molecule has 4 aromatic rings. The first-order chi connectivity index (χ1) is 16.7. The molecule has 180 valence electrons. The third-order valence-electron chi connectivity index (χ3n) is 5.25.